The van der Waals surface area contributed by atoms with Gasteiger partial charge in [0.15, 0.2) is 16.6 Å². The number of carbonyl (C=O) groups excluding carboxylic acids is 4. The van der Waals surface area contributed by atoms with E-state index in [9.17, 15) is 57.2 Å². The number of oxime groups is 1. The van der Waals surface area contributed by atoms with E-state index in [4.69, 9.17) is 15.1 Å². The van der Waals surface area contributed by atoms with Crippen molar-refractivity contribution in [1.82, 2.24) is 34.7 Å². The summed E-state index contributed by atoms with van der Waals surface area (Å²) >= 11 is 0.894. The SMILES string of the molecule is Cc1c(O)c(=O)cc(C(=O)N2CC[C@@H](c3cc(C(=O)NC[C@@H]4[C@H](NC(=O)/C(=N\OC(C)(C)C(=O)O)c5csc(N)n5)C(=O)N4S(=O)(=O)O)on3)C2)n1O. The van der Waals surface area contributed by atoms with Gasteiger partial charge in [-0.15, -0.1) is 11.3 Å². The summed E-state index contributed by atoms with van der Waals surface area (Å²) in [5.74, 6) is -7.06. The van der Waals surface area contributed by atoms with Crippen LogP contribution < -0.4 is 21.8 Å². The topological polar surface area (TPSA) is 339 Å². The van der Waals surface area contributed by atoms with Crippen LogP contribution in [0.15, 0.2) is 32.0 Å². The molecular weight excluding hydrogens is 750 g/mol. The van der Waals surface area contributed by atoms with Gasteiger partial charge in [-0.1, -0.05) is 10.3 Å². The molecule has 5 rings (SSSR count). The predicted octanol–water partition coefficient (Wildman–Crippen LogP) is -1.73. The van der Waals surface area contributed by atoms with Gasteiger partial charge in [0.2, 0.25) is 16.8 Å². The molecule has 284 valence electrons. The summed E-state index contributed by atoms with van der Waals surface area (Å²) < 4.78 is 39.3. The summed E-state index contributed by atoms with van der Waals surface area (Å²) in [5, 5.41) is 42.6. The van der Waals surface area contributed by atoms with Crippen LogP contribution in [0.2, 0.25) is 0 Å². The summed E-state index contributed by atoms with van der Waals surface area (Å²) in [7, 11) is -5.18. The summed E-state index contributed by atoms with van der Waals surface area (Å²) in [6, 6.07) is -1.19. The Morgan fingerprint density at radius 2 is 1.92 bits per heavy atom. The second-order valence-corrected chi connectivity index (χ2v) is 14.4. The Hall–Kier alpha value is -6.08. The molecule has 0 bridgehead atoms. The van der Waals surface area contributed by atoms with Crippen LogP contribution in [0.5, 0.6) is 5.75 Å². The first-order valence-corrected chi connectivity index (χ1v) is 17.5. The Labute approximate surface area is 301 Å². The number of β-lactam (4-membered cyclic amide) rings is 1. The van der Waals surface area contributed by atoms with Gasteiger partial charge in [0.25, 0.3) is 23.6 Å². The van der Waals surface area contributed by atoms with E-state index in [1.54, 1.807) is 0 Å². The minimum atomic E-state index is -5.18. The molecule has 3 aromatic rings. The Morgan fingerprint density at radius 3 is 2.55 bits per heavy atom. The van der Waals surface area contributed by atoms with E-state index in [1.165, 1.54) is 23.3 Å². The first kappa shape index (κ1) is 38.2. The number of rotatable bonds is 12. The van der Waals surface area contributed by atoms with E-state index >= 15 is 0 Å². The highest BCUT2D eigenvalue weighted by Gasteiger charge is 2.54. The third kappa shape index (κ3) is 7.61. The number of hydrogen-bond acceptors (Lipinski definition) is 17. The molecule has 2 fully saturated rings. The van der Waals surface area contributed by atoms with E-state index in [1.807, 2.05) is 0 Å². The fraction of sp³-hybridized carbons (Fsp3) is 0.393. The summed E-state index contributed by atoms with van der Waals surface area (Å²) in [6.45, 7) is 3.08. The minimum Gasteiger partial charge on any atom is -0.503 e. The fourth-order valence-electron chi connectivity index (χ4n) is 5.26. The van der Waals surface area contributed by atoms with Crippen molar-refractivity contribution in [2.45, 2.75) is 50.8 Å². The molecule has 4 amide bonds. The van der Waals surface area contributed by atoms with Crippen LogP contribution in [0.1, 0.15) is 64.3 Å². The number of carboxylic acids is 1. The monoisotopic (exact) mass is 781 g/mol. The molecule has 8 N–H and O–H groups in total. The number of amides is 4. The number of pyridine rings is 1. The van der Waals surface area contributed by atoms with Crippen LogP contribution in [-0.2, 0) is 29.5 Å². The molecule has 23 nitrogen and oxygen atoms in total. The second-order valence-electron chi connectivity index (χ2n) is 12.3. The number of likely N-dealkylation sites (tertiary alicyclic amines) is 1. The molecule has 0 aromatic carbocycles. The molecule has 2 aliphatic rings. The van der Waals surface area contributed by atoms with Gasteiger partial charge in [0, 0.05) is 43.1 Å². The van der Waals surface area contributed by atoms with Crippen molar-refractivity contribution in [3.63, 3.8) is 0 Å². The molecule has 0 saturated carbocycles. The average Bonchev–Trinajstić information content (AvgIpc) is 3.86. The fourth-order valence-corrected chi connectivity index (χ4v) is 6.68. The molecule has 0 unspecified atom stereocenters. The zero-order valence-corrected chi connectivity index (χ0v) is 29.4. The van der Waals surface area contributed by atoms with E-state index in [-0.39, 0.29) is 51.1 Å². The van der Waals surface area contributed by atoms with Gasteiger partial charge >= 0.3 is 16.3 Å². The summed E-state index contributed by atoms with van der Waals surface area (Å²) in [4.78, 5) is 85.8. The highest BCUT2D eigenvalue weighted by molar-refractivity contribution is 7.84. The smallest absolute Gasteiger partial charge is 0.362 e. The molecule has 3 atom stereocenters. The number of thiazole rings is 1. The Bertz CT molecular complexity index is 2210. The Morgan fingerprint density at radius 1 is 1.23 bits per heavy atom. The van der Waals surface area contributed by atoms with Crippen LogP contribution in [0.3, 0.4) is 0 Å². The highest BCUT2D eigenvalue weighted by Crippen LogP contribution is 2.29. The number of carboxylic acid groups (broad SMARTS) is 1. The van der Waals surface area contributed by atoms with Crippen molar-refractivity contribution in [2.24, 2.45) is 5.16 Å². The van der Waals surface area contributed by atoms with Gasteiger partial charge in [-0.3, -0.25) is 28.5 Å². The quantitative estimate of drug-likeness (QED) is 0.0353. The molecule has 0 spiro atoms. The van der Waals surface area contributed by atoms with Gasteiger partial charge in [0.1, 0.15) is 23.1 Å². The Kier molecular flexibility index (Phi) is 10.2. The Balaban J connectivity index is 1.26. The van der Waals surface area contributed by atoms with Gasteiger partial charge in [-0.25, -0.2) is 14.1 Å². The maximum Gasteiger partial charge on any atom is 0.362 e. The number of nitrogens with zero attached hydrogens (tertiary/aromatic N) is 6. The maximum absolute atomic E-state index is 13.3. The molecule has 2 saturated heterocycles. The van der Waals surface area contributed by atoms with Gasteiger partial charge in [-0.05, 0) is 27.2 Å². The van der Waals surface area contributed by atoms with E-state index in [0.29, 0.717) is 11.2 Å². The van der Waals surface area contributed by atoms with E-state index in [2.05, 4.69) is 25.9 Å². The average molecular weight is 782 g/mol. The number of anilines is 1. The molecule has 2 aliphatic heterocycles. The number of aliphatic carboxylic acids is 1. The zero-order chi connectivity index (χ0) is 39.2. The standard InChI is InChI=1S/C28H31N9O14S2/c1-11-21(39)17(38)7-15(36(11)46)24(42)35-5-4-12(9-35)13-6-18(50-33-13)22(40)30-8-16-20(25(43)37(16)53(47,48)49)32-23(41)19(14-10-52-27(29)31-14)34-51-28(2,3)26(44)45/h6-7,10,12,16,20,39,46H,4-5,8-9H2,1-3H3,(H2,29,31)(H,30,40)(H,32,41)(H,44,45)(H,47,48,49)/b34-19-/t12-,16-,20+/m1/s1. The van der Waals surface area contributed by atoms with Crippen LogP contribution in [0, 0.1) is 6.92 Å². The van der Waals surface area contributed by atoms with Gasteiger partial charge < -0.3 is 46.0 Å². The molecule has 3 aromatic heterocycles. The molecule has 0 aliphatic carbocycles. The van der Waals surface area contributed by atoms with Crippen molar-refractivity contribution >= 4 is 62.1 Å². The lowest BCUT2D eigenvalue weighted by Gasteiger charge is -2.44. The lowest BCUT2D eigenvalue weighted by molar-refractivity contribution is -0.161. The van der Waals surface area contributed by atoms with Crippen molar-refractivity contribution in [2.75, 3.05) is 25.4 Å². The van der Waals surface area contributed by atoms with Gasteiger partial charge in [0.05, 0.1) is 11.7 Å². The third-order valence-electron chi connectivity index (χ3n) is 8.29. The van der Waals surface area contributed by atoms with Crippen molar-refractivity contribution < 1.29 is 61.7 Å². The van der Waals surface area contributed by atoms with E-state index < -0.39 is 86.9 Å². The number of nitrogens with two attached hydrogens (primary N) is 1. The van der Waals surface area contributed by atoms with Crippen LogP contribution >= 0.6 is 11.3 Å². The van der Waals surface area contributed by atoms with Crippen LogP contribution in [0.4, 0.5) is 5.13 Å². The van der Waals surface area contributed by atoms with E-state index in [0.717, 1.165) is 31.3 Å². The van der Waals surface area contributed by atoms with Crippen molar-refractivity contribution in [3.05, 3.63) is 56.3 Å². The number of nitrogens with one attached hydrogen (secondary N) is 2. The predicted molar refractivity (Wildman–Crippen MR) is 176 cm³/mol. The molecule has 53 heavy (non-hydrogen) atoms. The third-order valence-corrected chi connectivity index (χ3v) is 9.91. The molecular formula is C28H31N9O14S2. The van der Waals surface area contributed by atoms with Crippen LogP contribution in [-0.4, -0.2) is 125 Å². The first-order chi connectivity index (χ1) is 24.7. The minimum absolute atomic E-state index is 0.00682. The molecule has 25 heteroatoms. The lowest BCUT2D eigenvalue weighted by Crippen LogP contribution is -2.74. The lowest BCUT2D eigenvalue weighted by atomic mass is 9.98. The highest BCUT2D eigenvalue weighted by atomic mass is 32.2. The summed E-state index contributed by atoms with van der Waals surface area (Å²) in [6.07, 6.45) is 0.346. The van der Waals surface area contributed by atoms with Gasteiger partial charge in [-0.2, -0.15) is 13.1 Å². The molecule has 0 radical (unpaired) electrons. The number of hydrogen-bond donors (Lipinski definition) is 7. The largest absolute Gasteiger partial charge is 0.503 e. The number of aromatic nitrogens is 3. The normalized spacial score (nSPS) is 19.1. The molecule has 5 heterocycles. The van der Waals surface area contributed by atoms with Crippen LogP contribution in [0.25, 0.3) is 0 Å². The first-order valence-electron chi connectivity index (χ1n) is 15.2. The second kappa shape index (κ2) is 14.2. The zero-order valence-electron chi connectivity index (χ0n) is 27.7. The maximum atomic E-state index is 13.3. The van der Waals surface area contributed by atoms with Crippen molar-refractivity contribution in [3.8, 4) is 5.75 Å². The number of nitrogen functional groups attached to an aromatic ring is 1. The summed E-state index contributed by atoms with van der Waals surface area (Å²) in [5.41, 5.74) is 1.72. The number of aromatic hydroxyl groups is 1. The van der Waals surface area contributed by atoms with Crippen molar-refractivity contribution in [1.29, 1.82) is 0 Å². The number of carbonyl (C=O) groups is 5.